The maximum Gasteiger partial charge on any atom is 0.298 e. The van der Waals surface area contributed by atoms with Crippen molar-refractivity contribution in [2.45, 2.75) is 16.8 Å². The molecule has 0 atom stereocenters. The molecule has 0 spiro atoms. The molecule has 0 amide bonds. The molecule has 104 valence electrons. The van der Waals surface area contributed by atoms with E-state index in [1.807, 2.05) is 0 Å². The van der Waals surface area contributed by atoms with Crippen LogP contribution >= 0.6 is 11.8 Å². The van der Waals surface area contributed by atoms with Crippen LogP contribution in [0.2, 0.25) is 0 Å². The second kappa shape index (κ2) is 5.61. The zero-order valence-corrected chi connectivity index (χ0v) is 11.1. The van der Waals surface area contributed by atoms with Crippen molar-refractivity contribution < 1.29 is 14.5 Å². The lowest BCUT2D eigenvalue weighted by Crippen LogP contribution is -2.17. The maximum absolute atomic E-state index is 10.9. The highest BCUT2D eigenvalue weighted by Gasteiger charge is 2.20. The third kappa shape index (κ3) is 2.72. The Morgan fingerprint density at radius 1 is 1.55 bits per heavy atom. The maximum atomic E-state index is 10.9. The van der Waals surface area contributed by atoms with Gasteiger partial charge in [-0.2, -0.15) is 0 Å². The summed E-state index contributed by atoms with van der Waals surface area (Å²) in [5.74, 6) is 0.295. The Hall–Kier alpha value is -2.55. The van der Waals surface area contributed by atoms with Gasteiger partial charge in [-0.1, -0.05) is 16.9 Å². The molecule has 20 heavy (non-hydrogen) atoms. The number of pyridine rings is 1. The Balaban J connectivity index is 2.42. The van der Waals surface area contributed by atoms with E-state index >= 15 is 0 Å². The van der Waals surface area contributed by atoms with Gasteiger partial charge in [0.05, 0.1) is 16.1 Å². The lowest BCUT2D eigenvalue weighted by Gasteiger charge is -2.03. The van der Waals surface area contributed by atoms with E-state index in [1.165, 1.54) is 30.2 Å². The quantitative estimate of drug-likeness (QED) is 0.290. The number of nitrogens with two attached hydrogens (primary N) is 1. The molecule has 0 radical (unpaired) electrons. The van der Waals surface area contributed by atoms with Crippen LogP contribution < -0.4 is 5.73 Å². The van der Waals surface area contributed by atoms with Crippen LogP contribution in [0.5, 0.6) is 0 Å². The fraction of sp³-hybridized carbons (Fsp3) is 0.0909. The Labute approximate surface area is 117 Å². The molecule has 3 N–H and O–H groups in total. The van der Waals surface area contributed by atoms with E-state index < -0.39 is 10.8 Å². The number of aromatic nitrogens is 1. The van der Waals surface area contributed by atoms with Gasteiger partial charge in [0.1, 0.15) is 10.8 Å². The summed E-state index contributed by atoms with van der Waals surface area (Å²) in [5.41, 5.74) is 4.91. The summed E-state index contributed by atoms with van der Waals surface area (Å²) >= 11 is 1.26. The van der Waals surface area contributed by atoms with Crippen molar-refractivity contribution >= 4 is 23.3 Å². The topological polar surface area (TPSA) is 128 Å². The lowest BCUT2D eigenvalue weighted by molar-refractivity contribution is -0.385. The van der Waals surface area contributed by atoms with Crippen LogP contribution in [0.3, 0.4) is 0 Å². The molecule has 0 aromatic carbocycles. The molecule has 2 aromatic heterocycles. The molecule has 0 unspecified atom stereocenters. The lowest BCUT2D eigenvalue weighted by atomic mass is 10.3. The Morgan fingerprint density at radius 3 is 2.85 bits per heavy atom. The number of hydrogen-bond acceptors (Lipinski definition) is 7. The first-order valence-corrected chi connectivity index (χ1v) is 6.20. The first-order chi connectivity index (χ1) is 9.52. The molecule has 0 saturated heterocycles. The fourth-order valence-electron chi connectivity index (χ4n) is 1.47. The number of amidine groups is 1. The highest BCUT2D eigenvalue weighted by atomic mass is 32.2. The monoisotopic (exact) mass is 294 g/mol. The summed E-state index contributed by atoms with van der Waals surface area (Å²) in [6, 6.07) is 4.51. The minimum Gasteiger partial charge on any atom is -0.468 e. The molecular weight excluding hydrogens is 284 g/mol. The van der Waals surface area contributed by atoms with Gasteiger partial charge in [0.2, 0.25) is 0 Å². The SMILES string of the molecule is Cc1occc1Sc1ccc([N+](=O)[O-])c(/C(N)=N/O)n1. The van der Waals surface area contributed by atoms with Crippen LogP contribution in [0.1, 0.15) is 11.5 Å². The van der Waals surface area contributed by atoms with Crippen molar-refractivity contribution in [3.63, 3.8) is 0 Å². The summed E-state index contributed by atoms with van der Waals surface area (Å²) < 4.78 is 5.15. The Bertz CT molecular complexity index is 683. The second-order valence-electron chi connectivity index (χ2n) is 3.70. The molecule has 0 aliphatic rings. The van der Waals surface area contributed by atoms with Crippen LogP contribution in [0.4, 0.5) is 5.69 Å². The van der Waals surface area contributed by atoms with Gasteiger partial charge in [-0.15, -0.1) is 0 Å². The van der Waals surface area contributed by atoms with Crippen molar-refractivity contribution in [1.29, 1.82) is 0 Å². The van der Waals surface area contributed by atoms with Crippen LogP contribution in [0.15, 0.2) is 44.0 Å². The van der Waals surface area contributed by atoms with Crippen molar-refractivity contribution in [3.8, 4) is 0 Å². The van der Waals surface area contributed by atoms with E-state index in [2.05, 4.69) is 10.1 Å². The summed E-state index contributed by atoms with van der Waals surface area (Å²) in [6.45, 7) is 1.79. The predicted molar refractivity (Wildman–Crippen MR) is 71.0 cm³/mol. The van der Waals surface area contributed by atoms with E-state index in [4.69, 9.17) is 15.4 Å². The third-order valence-corrected chi connectivity index (χ3v) is 3.50. The predicted octanol–water partition coefficient (Wildman–Crippen LogP) is 2.14. The molecule has 2 rings (SSSR count). The Morgan fingerprint density at radius 2 is 2.30 bits per heavy atom. The highest BCUT2D eigenvalue weighted by molar-refractivity contribution is 7.99. The molecule has 0 aliphatic heterocycles. The van der Waals surface area contributed by atoms with Gasteiger partial charge in [0.25, 0.3) is 5.69 Å². The molecule has 0 aliphatic carbocycles. The second-order valence-corrected chi connectivity index (χ2v) is 4.76. The number of furan rings is 1. The number of nitro groups is 1. The zero-order valence-electron chi connectivity index (χ0n) is 10.3. The third-order valence-electron chi connectivity index (χ3n) is 2.42. The minimum absolute atomic E-state index is 0.177. The average molecular weight is 294 g/mol. The number of rotatable bonds is 4. The van der Waals surface area contributed by atoms with Crippen LogP contribution in [-0.2, 0) is 0 Å². The van der Waals surface area contributed by atoms with Gasteiger partial charge in [-0.05, 0) is 19.1 Å². The molecule has 0 saturated carbocycles. The van der Waals surface area contributed by atoms with Crippen molar-refractivity contribution in [2.24, 2.45) is 10.9 Å². The molecule has 8 nitrogen and oxygen atoms in total. The first-order valence-electron chi connectivity index (χ1n) is 5.38. The molecule has 2 heterocycles. The van der Waals surface area contributed by atoms with Gasteiger partial charge >= 0.3 is 0 Å². The largest absolute Gasteiger partial charge is 0.468 e. The average Bonchev–Trinajstić information content (AvgIpc) is 2.83. The Kier molecular flexibility index (Phi) is 3.89. The zero-order chi connectivity index (χ0) is 14.7. The highest BCUT2D eigenvalue weighted by Crippen LogP contribution is 2.31. The van der Waals surface area contributed by atoms with Crippen LogP contribution in [0.25, 0.3) is 0 Å². The molecular formula is C11H10N4O4S. The van der Waals surface area contributed by atoms with E-state index in [-0.39, 0.29) is 11.4 Å². The van der Waals surface area contributed by atoms with Gasteiger partial charge in [-0.25, -0.2) is 4.98 Å². The summed E-state index contributed by atoms with van der Waals surface area (Å²) in [6.07, 6.45) is 1.54. The van der Waals surface area contributed by atoms with Crippen molar-refractivity contribution in [3.05, 3.63) is 46.0 Å². The molecule has 9 heteroatoms. The van der Waals surface area contributed by atoms with E-state index in [1.54, 1.807) is 13.0 Å². The van der Waals surface area contributed by atoms with Crippen LogP contribution in [-0.4, -0.2) is 21.0 Å². The normalized spacial score (nSPS) is 11.6. The van der Waals surface area contributed by atoms with E-state index in [9.17, 15) is 10.1 Å². The van der Waals surface area contributed by atoms with Gasteiger partial charge in [-0.3, -0.25) is 10.1 Å². The number of hydrogen-bond donors (Lipinski definition) is 2. The van der Waals surface area contributed by atoms with Gasteiger partial charge in [0.15, 0.2) is 11.5 Å². The van der Waals surface area contributed by atoms with Crippen molar-refractivity contribution in [2.75, 3.05) is 0 Å². The summed E-state index contributed by atoms with van der Waals surface area (Å²) in [5, 5.41) is 22.8. The number of aryl methyl sites for hydroxylation is 1. The standard InChI is InChI=1S/C11H10N4O4S/c1-6-8(4-5-19-6)20-9-3-2-7(15(17)18)10(13-9)11(12)14-16/h2-5,16H,1H3,(H2,12,14). The first kappa shape index (κ1) is 13.9. The van der Waals surface area contributed by atoms with E-state index in [0.29, 0.717) is 10.8 Å². The smallest absolute Gasteiger partial charge is 0.298 e. The molecule has 0 bridgehead atoms. The van der Waals surface area contributed by atoms with Gasteiger partial charge in [0, 0.05) is 6.07 Å². The van der Waals surface area contributed by atoms with Crippen molar-refractivity contribution in [1.82, 2.24) is 4.98 Å². The molecule has 2 aromatic rings. The summed E-state index contributed by atoms with van der Waals surface area (Å²) in [4.78, 5) is 15.1. The number of nitrogens with zero attached hydrogens (tertiary/aromatic N) is 3. The van der Waals surface area contributed by atoms with Crippen LogP contribution in [0, 0.1) is 17.0 Å². The minimum atomic E-state index is -0.641. The molecule has 0 fully saturated rings. The number of oxime groups is 1. The fourth-order valence-corrected chi connectivity index (χ4v) is 2.28. The van der Waals surface area contributed by atoms with Gasteiger partial charge < -0.3 is 15.4 Å². The summed E-state index contributed by atoms with van der Waals surface area (Å²) in [7, 11) is 0. The van der Waals surface area contributed by atoms with E-state index in [0.717, 1.165) is 4.90 Å².